The summed E-state index contributed by atoms with van der Waals surface area (Å²) in [5.74, 6) is -3.77. The summed E-state index contributed by atoms with van der Waals surface area (Å²) in [5.41, 5.74) is -2.79. The van der Waals surface area contributed by atoms with Gasteiger partial charge in [0, 0.05) is 16.5 Å². The van der Waals surface area contributed by atoms with Crippen molar-refractivity contribution >= 4 is 23.5 Å². The van der Waals surface area contributed by atoms with Gasteiger partial charge in [-0.2, -0.15) is 0 Å². The number of allylic oxidation sites excluding steroid dienone is 2. The van der Waals surface area contributed by atoms with Crippen LogP contribution in [0.15, 0.2) is 48.1 Å². The zero-order valence-electron chi connectivity index (χ0n) is 15.8. The lowest BCUT2D eigenvalue weighted by Gasteiger charge is -2.50. The highest BCUT2D eigenvalue weighted by Crippen LogP contribution is 2.54. The molecule has 6 heteroatoms. The van der Waals surface area contributed by atoms with Crippen LogP contribution in [0.1, 0.15) is 44.6 Å². The van der Waals surface area contributed by atoms with E-state index in [9.17, 15) is 24.9 Å². The second-order valence-electron chi connectivity index (χ2n) is 7.97. The van der Waals surface area contributed by atoms with Gasteiger partial charge in [-0.25, -0.2) is 4.79 Å². The van der Waals surface area contributed by atoms with Crippen LogP contribution in [-0.4, -0.2) is 27.3 Å². The average molecular weight is 405 g/mol. The molecule has 150 valence electrons. The van der Waals surface area contributed by atoms with Crippen molar-refractivity contribution in [2.75, 3.05) is 0 Å². The van der Waals surface area contributed by atoms with E-state index in [1.54, 1.807) is 24.3 Å². The van der Waals surface area contributed by atoms with Gasteiger partial charge in [-0.05, 0) is 43.4 Å². The minimum absolute atomic E-state index is 0.0876. The van der Waals surface area contributed by atoms with Gasteiger partial charge in [0.05, 0.1) is 5.41 Å². The van der Waals surface area contributed by atoms with E-state index in [2.05, 4.69) is 0 Å². The number of hydrogen-bond acceptors (Lipinski definition) is 3. The standard InChI is InChI=1S/C22H25ClO5/c1-21(20(26)27)13-5-8-17(19(24)25)18(21)22(28,14-6-3-2-4-7-14)15-9-11-16(23)12-10-15/h5,8-14,18,28H,2-4,6-7H2,1H3,(H,24,25)(H,26,27). The molecule has 0 bridgehead atoms. The third kappa shape index (κ3) is 3.38. The molecule has 0 radical (unpaired) electrons. The molecule has 0 aliphatic heterocycles. The van der Waals surface area contributed by atoms with Crippen LogP contribution in [-0.2, 0) is 15.2 Å². The maximum absolute atomic E-state index is 12.3. The fourth-order valence-electron chi connectivity index (χ4n) is 4.85. The highest BCUT2D eigenvalue weighted by atomic mass is 35.5. The Morgan fingerprint density at radius 1 is 1.11 bits per heavy atom. The van der Waals surface area contributed by atoms with Crippen LogP contribution in [0.5, 0.6) is 0 Å². The van der Waals surface area contributed by atoms with Gasteiger partial charge in [0.1, 0.15) is 5.60 Å². The molecule has 0 amide bonds. The number of carboxylic acid groups (broad SMARTS) is 2. The maximum Gasteiger partial charge on any atom is 0.332 e. The fourth-order valence-corrected chi connectivity index (χ4v) is 4.97. The third-order valence-electron chi connectivity index (χ3n) is 6.31. The Balaban J connectivity index is 2.25. The number of carbonyl (C=O) groups is 2. The van der Waals surface area contributed by atoms with Crippen molar-refractivity contribution in [1.82, 2.24) is 0 Å². The Kier molecular flexibility index (Phi) is 5.69. The smallest absolute Gasteiger partial charge is 0.332 e. The van der Waals surface area contributed by atoms with Crippen LogP contribution in [0.4, 0.5) is 0 Å². The second-order valence-corrected chi connectivity index (χ2v) is 8.41. The number of aliphatic carboxylic acids is 2. The van der Waals surface area contributed by atoms with E-state index in [-0.39, 0.29) is 11.5 Å². The normalized spacial score (nSPS) is 27.7. The SMILES string of the molecule is CC1(C(=O)O)C=CC=C(C(=O)O)C1C(O)(c1ccc(Cl)cc1)C1CCCCC1. The van der Waals surface area contributed by atoms with E-state index in [4.69, 9.17) is 11.6 Å². The largest absolute Gasteiger partial charge is 0.481 e. The van der Waals surface area contributed by atoms with Gasteiger partial charge >= 0.3 is 11.9 Å². The topological polar surface area (TPSA) is 94.8 Å². The fraction of sp³-hybridized carbons (Fsp3) is 0.455. The minimum atomic E-state index is -1.65. The van der Waals surface area contributed by atoms with Crippen molar-refractivity contribution in [3.8, 4) is 0 Å². The Hall–Kier alpha value is -2.11. The first-order chi connectivity index (χ1) is 13.2. The van der Waals surface area contributed by atoms with E-state index in [1.807, 2.05) is 0 Å². The number of carboxylic acids is 2. The zero-order chi connectivity index (χ0) is 20.5. The summed E-state index contributed by atoms with van der Waals surface area (Å²) < 4.78 is 0. The van der Waals surface area contributed by atoms with Gasteiger partial charge in [-0.1, -0.05) is 61.2 Å². The molecule has 2 aliphatic rings. The van der Waals surface area contributed by atoms with Crippen LogP contribution < -0.4 is 0 Å². The van der Waals surface area contributed by atoms with Gasteiger partial charge in [0.2, 0.25) is 0 Å². The summed E-state index contributed by atoms with van der Waals surface area (Å²) in [4.78, 5) is 24.3. The van der Waals surface area contributed by atoms with Crippen LogP contribution in [0.3, 0.4) is 0 Å². The molecule has 1 aromatic carbocycles. The molecular weight excluding hydrogens is 380 g/mol. The Labute approximate surface area is 169 Å². The van der Waals surface area contributed by atoms with Gasteiger partial charge in [-0.15, -0.1) is 0 Å². The highest BCUT2D eigenvalue weighted by Gasteiger charge is 2.58. The van der Waals surface area contributed by atoms with Crippen molar-refractivity contribution in [2.24, 2.45) is 17.3 Å². The molecular formula is C22H25ClO5. The molecule has 3 unspecified atom stereocenters. The predicted molar refractivity (Wildman–Crippen MR) is 106 cm³/mol. The Morgan fingerprint density at radius 2 is 1.71 bits per heavy atom. The first-order valence-electron chi connectivity index (χ1n) is 9.55. The molecule has 3 rings (SSSR count). The molecule has 2 aliphatic carbocycles. The van der Waals surface area contributed by atoms with Crippen molar-refractivity contribution < 1.29 is 24.9 Å². The average Bonchev–Trinajstić information content (AvgIpc) is 2.68. The van der Waals surface area contributed by atoms with E-state index in [0.717, 1.165) is 19.3 Å². The van der Waals surface area contributed by atoms with Crippen molar-refractivity contribution in [1.29, 1.82) is 0 Å². The summed E-state index contributed by atoms with van der Waals surface area (Å²) in [6.45, 7) is 1.48. The van der Waals surface area contributed by atoms with E-state index in [0.29, 0.717) is 23.4 Å². The molecule has 5 nitrogen and oxygen atoms in total. The number of hydrogen-bond donors (Lipinski definition) is 3. The van der Waals surface area contributed by atoms with E-state index >= 15 is 0 Å². The summed E-state index contributed by atoms with van der Waals surface area (Å²) >= 11 is 6.03. The first-order valence-corrected chi connectivity index (χ1v) is 9.93. The third-order valence-corrected chi connectivity index (χ3v) is 6.56. The molecule has 0 aromatic heterocycles. The van der Waals surface area contributed by atoms with Crippen molar-refractivity contribution in [2.45, 2.75) is 44.6 Å². The van der Waals surface area contributed by atoms with Crippen molar-refractivity contribution in [3.05, 3.63) is 58.7 Å². The molecule has 0 heterocycles. The number of aliphatic hydroxyl groups is 1. The number of rotatable bonds is 5. The number of benzene rings is 1. The van der Waals surface area contributed by atoms with Crippen LogP contribution >= 0.6 is 11.6 Å². The second kappa shape index (κ2) is 7.72. The molecule has 3 atom stereocenters. The first kappa shape index (κ1) is 20.6. The van der Waals surface area contributed by atoms with Gasteiger partial charge in [0.25, 0.3) is 0 Å². The summed E-state index contributed by atoms with van der Waals surface area (Å²) in [5, 5.41) is 32.5. The molecule has 28 heavy (non-hydrogen) atoms. The summed E-state index contributed by atoms with van der Waals surface area (Å²) in [7, 11) is 0. The predicted octanol–water partition coefficient (Wildman–Crippen LogP) is 4.40. The quantitative estimate of drug-likeness (QED) is 0.676. The Morgan fingerprint density at radius 3 is 2.25 bits per heavy atom. The lowest BCUT2D eigenvalue weighted by Crippen LogP contribution is -2.54. The highest BCUT2D eigenvalue weighted by molar-refractivity contribution is 6.30. The van der Waals surface area contributed by atoms with Gasteiger partial charge < -0.3 is 15.3 Å². The van der Waals surface area contributed by atoms with Crippen LogP contribution in [0, 0.1) is 17.3 Å². The maximum atomic E-state index is 12.3. The zero-order valence-corrected chi connectivity index (χ0v) is 16.5. The van der Waals surface area contributed by atoms with E-state index in [1.165, 1.54) is 25.2 Å². The molecule has 1 aromatic rings. The van der Waals surface area contributed by atoms with E-state index < -0.39 is 28.9 Å². The molecule has 0 spiro atoms. The lowest BCUT2D eigenvalue weighted by molar-refractivity contribution is -0.162. The lowest BCUT2D eigenvalue weighted by atomic mass is 9.56. The van der Waals surface area contributed by atoms with Gasteiger partial charge in [-0.3, -0.25) is 4.79 Å². The van der Waals surface area contributed by atoms with Crippen LogP contribution in [0.2, 0.25) is 5.02 Å². The summed E-state index contributed by atoms with van der Waals surface area (Å²) in [6.07, 6.45) is 8.65. The molecule has 1 saturated carbocycles. The van der Waals surface area contributed by atoms with Gasteiger partial charge in [0.15, 0.2) is 0 Å². The number of halogens is 1. The molecule has 0 saturated heterocycles. The summed E-state index contributed by atoms with van der Waals surface area (Å²) in [6, 6.07) is 6.64. The molecule has 3 N–H and O–H groups in total. The molecule has 1 fully saturated rings. The minimum Gasteiger partial charge on any atom is -0.481 e. The Bertz CT molecular complexity index is 822. The monoisotopic (exact) mass is 404 g/mol. The van der Waals surface area contributed by atoms with Crippen molar-refractivity contribution in [3.63, 3.8) is 0 Å². The van der Waals surface area contributed by atoms with Crippen LogP contribution in [0.25, 0.3) is 0 Å².